The number of carboxylic acid groups (broad SMARTS) is 1. The number of carboxylic acids is 1. The zero-order valence-corrected chi connectivity index (χ0v) is 15.6. The van der Waals surface area contributed by atoms with Crippen LogP contribution < -0.4 is 4.90 Å². The Kier molecular flexibility index (Phi) is 6.95. The third-order valence-electron chi connectivity index (χ3n) is 4.80. The fourth-order valence-electron chi connectivity index (χ4n) is 3.32. The first-order chi connectivity index (χ1) is 12.9. The van der Waals surface area contributed by atoms with Crippen molar-refractivity contribution >= 4 is 11.7 Å². The number of nitrogens with zero attached hydrogens (tertiary/aromatic N) is 4. The fourth-order valence-corrected chi connectivity index (χ4v) is 3.32. The molecule has 1 aliphatic rings. The molecule has 1 N–H and O–H groups in total. The van der Waals surface area contributed by atoms with Gasteiger partial charge in [0.25, 0.3) is 0 Å². The maximum atomic E-state index is 10.9. The number of anilines is 1. The summed E-state index contributed by atoms with van der Waals surface area (Å²) in [5.41, 5.74) is 0.432. The molecule has 142 valence electrons. The SMILES string of the molecule is CN(C)c1ccc(C(C/C=C/C(=O)O)C(C#N)(C#N)N2CCOCC2)cc1. The third-order valence-corrected chi connectivity index (χ3v) is 4.80. The zero-order valence-electron chi connectivity index (χ0n) is 15.6. The summed E-state index contributed by atoms with van der Waals surface area (Å²) in [5.74, 6) is -1.54. The van der Waals surface area contributed by atoms with Gasteiger partial charge < -0.3 is 14.7 Å². The molecule has 7 heteroatoms. The van der Waals surface area contributed by atoms with E-state index >= 15 is 0 Å². The van der Waals surface area contributed by atoms with Crippen molar-refractivity contribution in [2.75, 3.05) is 45.3 Å². The molecule has 1 unspecified atom stereocenters. The average molecular weight is 368 g/mol. The molecular weight excluding hydrogens is 344 g/mol. The molecule has 1 fully saturated rings. The number of benzene rings is 1. The minimum absolute atomic E-state index is 0.270. The second kappa shape index (κ2) is 9.18. The molecule has 1 aromatic carbocycles. The number of allylic oxidation sites excluding steroid dienone is 1. The van der Waals surface area contributed by atoms with Crippen LogP contribution in [0.5, 0.6) is 0 Å². The van der Waals surface area contributed by atoms with Crippen molar-refractivity contribution in [1.29, 1.82) is 10.5 Å². The van der Waals surface area contributed by atoms with Crippen LogP contribution in [-0.4, -0.2) is 61.9 Å². The Labute approximate surface area is 159 Å². The summed E-state index contributed by atoms with van der Waals surface area (Å²) in [6.07, 6.45) is 2.84. The van der Waals surface area contributed by atoms with E-state index in [0.717, 1.165) is 17.3 Å². The number of ether oxygens (including phenoxy) is 1. The lowest BCUT2D eigenvalue weighted by Crippen LogP contribution is -2.55. The van der Waals surface area contributed by atoms with E-state index < -0.39 is 17.4 Å². The molecule has 1 aliphatic heterocycles. The molecule has 1 atom stereocenters. The van der Waals surface area contributed by atoms with Crippen LogP contribution in [0.2, 0.25) is 0 Å². The summed E-state index contributed by atoms with van der Waals surface area (Å²) in [7, 11) is 3.87. The smallest absolute Gasteiger partial charge is 0.327 e. The second-order valence-electron chi connectivity index (χ2n) is 6.60. The van der Waals surface area contributed by atoms with E-state index in [1.54, 1.807) is 0 Å². The van der Waals surface area contributed by atoms with Gasteiger partial charge in [-0.1, -0.05) is 18.2 Å². The standard InChI is InChI=1S/C20H24N4O3/c1-23(2)17-8-6-16(7-9-17)18(4-3-5-19(25)26)20(14-21,15-22)24-10-12-27-13-11-24/h3,5-9,18H,4,10-13H2,1-2H3,(H,25,26)/b5-3+. The van der Waals surface area contributed by atoms with E-state index in [9.17, 15) is 15.3 Å². The average Bonchev–Trinajstić information content (AvgIpc) is 2.68. The molecule has 0 bridgehead atoms. The Morgan fingerprint density at radius 3 is 2.37 bits per heavy atom. The Morgan fingerprint density at radius 1 is 1.30 bits per heavy atom. The first-order valence-electron chi connectivity index (χ1n) is 8.76. The third kappa shape index (κ3) is 4.65. The summed E-state index contributed by atoms with van der Waals surface area (Å²) in [5, 5.41) is 28.9. The van der Waals surface area contributed by atoms with Crippen LogP contribution in [0.15, 0.2) is 36.4 Å². The summed E-state index contributed by atoms with van der Waals surface area (Å²) in [4.78, 5) is 14.7. The van der Waals surface area contributed by atoms with E-state index in [2.05, 4.69) is 12.1 Å². The first kappa shape index (κ1) is 20.4. The lowest BCUT2D eigenvalue weighted by atomic mass is 9.77. The van der Waals surface area contributed by atoms with E-state index in [1.807, 2.05) is 48.2 Å². The molecule has 0 radical (unpaired) electrons. The van der Waals surface area contributed by atoms with Gasteiger partial charge in [0.2, 0.25) is 5.54 Å². The highest BCUT2D eigenvalue weighted by molar-refractivity contribution is 5.79. The monoisotopic (exact) mass is 368 g/mol. The second-order valence-corrected chi connectivity index (χ2v) is 6.60. The summed E-state index contributed by atoms with van der Waals surface area (Å²) >= 11 is 0. The maximum Gasteiger partial charge on any atom is 0.327 e. The van der Waals surface area contributed by atoms with Crippen LogP contribution in [-0.2, 0) is 9.53 Å². The van der Waals surface area contributed by atoms with Gasteiger partial charge in [-0.2, -0.15) is 10.5 Å². The molecule has 0 amide bonds. The van der Waals surface area contributed by atoms with Crippen molar-refractivity contribution in [2.24, 2.45) is 0 Å². The molecule has 1 aromatic rings. The molecule has 2 rings (SSSR count). The van der Waals surface area contributed by atoms with Gasteiger partial charge in [0, 0.05) is 44.9 Å². The number of carbonyl (C=O) groups is 1. The van der Waals surface area contributed by atoms with Crippen LogP contribution >= 0.6 is 0 Å². The lowest BCUT2D eigenvalue weighted by Gasteiger charge is -2.41. The zero-order chi connectivity index (χ0) is 19.9. The number of rotatable bonds is 7. The highest BCUT2D eigenvalue weighted by atomic mass is 16.5. The van der Waals surface area contributed by atoms with E-state index in [4.69, 9.17) is 9.84 Å². The molecule has 7 nitrogen and oxygen atoms in total. The fraction of sp³-hybridized carbons (Fsp3) is 0.450. The number of nitriles is 2. The van der Waals surface area contributed by atoms with Crippen molar-refractivity contribution < 1.29 is 14.6 Å². The molecule has 0 aliphatic carbocycles. The highest BCUT2D eigenvalue weighted by Crippen LogP contribution is 2.37. The highest BCUT2D eigenvalue weighted by Gasteiger charge is 2.46. The normalized spacial score (nSPS) is 16.4. The van der Waals surface area contributed by atoms with Gasteiger partial charge >= 0.3 is 5.97 Å². The van der Waals surface area contributed by atoms with Gasteiger partial charge in [0.15, 0.2) is 0 Å². The van der Waals surface area contributed by atoms with Gasteiger partial charge in [-0.3, -0.25) is 4.90 Å². The topological polar surface area (TPSA) is 101 Å². The van der Waals surface area contributed by atoms with Crippen molar-refractivity contribution in [2.45, 2.75) is 17.9 Å². The van der Waals surface area contributed by atoms with Crippen molar-refractivity contribution in [1.82, 2.24) is 4.90 Å². The first-order valence-corrected chi connectivity index (χ1v) is 8.76. The Hall–Kier alpha value is -2.87. The van der Waals surface area contributed by atoms with Crippen molar-refractivity contribution in [3.63, 3.8) is 0 Å². The predicted octanol–water partition coefficient (Wildman–Crippen LogP) is 1.99. The van der Waals surface area contributed by atoms with Crippen LogP contribution in [0.4, 0.5) is 5.69 Å². The van der Waals surface area contributed by atoms with Gasteiger partial charge in [-0.05, 0) is 24.1 Å². The molecule has 0 saturated carbocycles. The maximum absolute atomic E-state index is 10.9. The minimum atomic E-state index is -1.40. The van der Waals surface area contributed by atoms with E-state index in [-0.39, 0.29) is 6.42 Å². The molecule has 1 saturated heterocycles. The molecule has 1 heterocycles. The number of aliphatic carboxylic acids is 1. The van der Waals surface area contributed by atoms with Crippen LogP contribution in [0.25, 0.3) is 0 Å². The summed E-state index contributed by atoms with van der Waals surface area (Å²) in [6.45, 7) is 1.89. The van der Waals surface area contributed by atoms with Crippen LogP contribution in [0, 0.1) is 22.7 Å². The van der Waals surface area contributed by atoms with Gasteiger partial charge in [0.1, 0.15) is 12.1 Å². The number of morpholine rings is 1. The Balaban J connectivity index is 2.46. The summed E-state index contributed by atoms with van der Waals surface area (Å²) < 4.78 is 5.37. The van der Waals surface area contributed by atoms with Gasteiger partial charge in [0.05, 0.1) is 13.2 Å². The van der Waals surface area contributed by atoms with Crippen molar-refractivity contribution in [3.8, 4) is 12.1 Å². The van der Waals surface area contributed by atoms with Gasteiger partial charge in [-0.25, -0.2) is 4.79 Å². The Morgan fingerprint density at radius 2 is 1.89 bits per heavy atom. The molecule has 0 spiro atoms. The molecular formula is C20H24N4O3. The minimum Gasteiger partial charge on any atom is -0.478 e. The largest absolute Gasteiger partial charge is 0.478 e. The van der Waals surface area contributed by atoms with Gasteiger partial charge in [-0.15, -0.1) is 0 Å². The quantitative estimate of drug-likeness (QED) is 0.735. The predicted molar refractivity (Wildman–Crippen MR) is 101 cm³/mol. The lowest BCUT2D eigenvalue weighted by molar-refractivity contribution is -0.131. The summed E-state index contributed by atoms with van der Waals surface area (Å²) in [6, 6.07) is 12.1. The van der Waals surface area contributed by atoms with Crippen LogP contribution in [0.3, 0.4) is 0 Å². The number of hydrogen-bond acceptors (Lipinski definition) is 6. The molecule has 27 heavy (non-hydrogen) atoms. The van der Waals surface area contributed by atoms with E-state index in [0.29, 0.717) is 26.3 Å². The van der Waals surface area contributed by atoms with Crippen LogP contribution in [0.1, 0.15) is 17.9 Å². The number of hydrogen-bond donors (Lipinski definition) is 1. The van der Waals surface area contributed by atoms with E-state index in [1.165, 1.54) is 6.08 Å². The Bertz CT molecular complexity index is 739. The molecule has 0 aromatic heterocycles. The van der Waals surface area contributed by atoms with Crippen molar-refractivity contribution in [3.05, 3.63) is 42.0 Å².